The largest absolute Gasteiger partial charge is 0.309 e. The number of rotatable bonds is 12. The van der Waals surface area contributed by atoms with Gasteiger partial charge in [0.1, 0.15) is 0 Å². The summed E-state index contributed by atoms with van der Waals surface area (Å²) in [6, 6.07) is 190. The Balaban J connectivity index is 0.000000107. The molecule has 29 rings (SSSR count). The smallest absolute Gasteiger partial charge is 0.0549 e. The molecule has 0 N–H and O–H groups in total. The van der Waals surface area contributed by atoms with Gasteiger partial charge in [-0.2, -0.15) is 0 Å². The molecule has 6 nitrogen and oxygen atoms in total. The predicted molar refractivity (Wildman–Crippen MR) is 596 cm³/mol. The van der Waals surface area contributed by atoms with Gasteiger partial charge in [-0.05, 0) is 223 Å². The van der Waals surface area contributed by atoms with Gasteiger partial charge in [0.25, 0.3) is 0 Å². The summed E-state index contributed by atoms with van der Waals surface area (Å²) in [6.45, 7) is 4.72. The molecule has 28 aromatic rings. The van der Waals surface area contributed by atoms with E-state index in [0.29, 0.717) is 0 Å². The van der Waals surface area contributed by atoms with Crippen LogP contribution >= 0.6 is 0 Å². The first kappa shape index (κ1) is 82.1. The van der Waals surface area contributed by atoms with E-state index in [4.69, 9.17) is 0 Å². The number of benzene rings is 22. The average molecular weight is 1800 g/mol. The molecule has 0 saturated heterocycles. The predicted octanol–water partition coefficient (Wildman–Crippen LogP) is 36.0. The van der Waals surface area contributed by atoms with E-state index in [0.717, 1.165) is 17.1 Å². The molecule has 6 heteroatoms. The van der Waals surface area contributed by atoms with E-state index in [1.807, 2.05) is 0 Å². The van der Waals surface area contributed by atoms with Gasteiger partial charge in [0, 0.05) is 104 Å². The SMILES string of the molecule is CC1(C)c2ccccc2-c2ccc(-n3c4ccccc4c4cc5c(cc43)c3ccccc3n5-c3ccc(-c4ccc(-c5ccccc5)cc4)cc3)cc21.c1ccc(-c2ccc(-c3ccccc3-n3c4ccccc4c4cc5c(cc43)c3ccccc3n5-c3ccccc3)cc2)cc1.c1ccc(-c2ccc(-n3c4ccccc4c4cc5c(cc43)c3ccccc3n5-c3cccc(-c4ccccc4)c3)cc2)cc1. The second kappa shape index (κ2) is 33.6. The van der Waals surface area contributed by atoms with Gasteiger partial charge in [-0.3, -0.25) is 0 Å². The number of fused-ring (bicyclic) bond motifs is 21. The Bertz CT molecular complexity index is 9760. The maximum absolute atomic E-state index is 2.48. The zero-order valence-corrected chi connectivity index (χ0v) is 77.8. The molecule has 662 valence electrons. The first-order valence-corrected chi connectivity index (χ1v) is 48.8. The molecule has 0 spiro atoms. The Kier molecular flexibility index (Phi) is 19.6. The van der Waals surface area contributed by atoms with Crippen LogP contribution in [0.2, 0.25) is 0 Å². The number of hydrogen-bond acceptors (Lipinski definition) is 0. The molecule has 0 amide bonds. The van der Waals surface area contributed by atoms with Crippen molar-refractivity contribution in [2.24, 2.45) is 0 Å². The molecule has 0 radical (unpaired) electrons. The van der Waals surface area contributed by atoms with Gasteiger partial charge in [-0.1, -0.05) is 396 Å². The van der Waals surface area contributed by atoms with Crippen molar-refractivity contribution in [2.75, 3.05) is 0 Å². The van der Waals surface area contributed by atoms with E-state index < -0.39 is 0 Å². The molecule has 1 aliphatic rings. The highest BCUT2D eigenvalue weighted by atomic mass is 15.0. The summed E-state index contributed by atoms with van der Waals surface area (Å²) >= 11 is 0. The van der Waals surface area contributed by atoms with E-state index in [1.54, 1.807) is 0 Å². The molecule has 6 heterocycles. The van der Waals surface area contributed by atoms with Crippen LogP contribution in [0.25, 0.3) is 243 Å². The van der Waals surface area contributed by atoms with Crippen molar-refractivity contribution in [3.8, 4) is 112 Å². The van der Waals surface area contributed by atoms with Crippen LogP contribution in [0.4, 0.5) is 0 Å². The molecule has 0 saturated carbocycles. The number of nitrogens with zero attached hydrogens (tertiary/aromatic N) is 6. The van der Waals surface area contributed by atoms with Gasteiger partial charge in [0.2, 0.25) is 0 Å². The second-order valence-corrected chi connectivity index (χ2v) is 37.8. The first-order chi connectivity index (χ1) is 69.7. The van der Waals surface area contributed by atoms with Crippen LogP contribution < -0.4 is 0 Å². The number of aromatic nitrogens is 6. The highest BCUT2D eigenvalue weighted by Gasteiger charge is 2.36. The summed E-state index contributed by atoms with van der Waals surface area (Å²) in [4.78, 5) is 0. The monoisotopic (exact) mass is 1800 g/mol. The van der Waals surface area contributed by atoms with Crippen molar-refractivity contribution in [1.82, 2.24) is 27.4 Å². The zero-order valence-electron chi connectivity index (χ0n) is 77.8. The van der Waals surface area contributed by atoms with Crippen molar-refractivity contribution < 1.29 is 0 Å². The minimum absolute atomic E-state index is 0.0669. The molecule has 141 heavy (non-hydrogen) atoms. The van der Waals surface area contributed by atoms with Crippen molar-refractivity contribution in [2.45, 2.75) is 19.3 Å². The van der Waals surface area contributed by atoms with E-state index in [9.17, 15) is 0 Å². The third-order valence-corrected chi connectivity index (χ3v) is 29.6. The van der Waals surface area contributed by atoms with Crippen LogP contribution in [0.15, 0.2) is 522 Å². The normalized spacial score (nSPS) is 12.2. The molecular weight excluding hydrogens is 1710 g/mol. The van der Waals surface area contributed by atoms with Crippen molar-refractivity contribution in [3.63, 3.8) is 0 Å². The van der Waals surface area contributed by atoms with Crippen molar-refractivity contribution in [3.05, 3.63) is 533 Å². The topological polar surface area (TPSA) is 29.6 Å². The third kappa shape index (κ3) is 13.7. The summed E-state index contributed by atoms with van der Waals surface area (Å²) in [5.41, 5.74) is 41.7. The molecule has 0 atom stereocenters. The van der Waals surface area contributed by atoms with Crippen LogP contribution in [0.3, 0.4) is 0 Å². The quantitative estimate of drug-likeness (QED) is 0.117. The van der Waals surface area contributed by atoms with Crippen LogP contribution in [0.1, 0.15) is 25.0 Å². The first-order valence-electron chi connectivity index (χ1n) is 48.8. The van der Waals surface area contributed by atoms with Gasteiger partial charge in [-0.15, -0.1) is 0 Å². The minimum atomic E-state index is -0.0669. The Morgan fingerprint density at radius 3 is 0.738 bits per heavy atom. The Labute approximate surface area is 816 Å². The highest BCUT2D eigenvalue weighted by Crippen LogP contribution is 2.52. The Morgan fingerprint density at radius 2 is 0.362 bits per heavy atom. The fourth-order valence-electron chi connectivity index (χ4n) is 22.9. The summed E-state index contributed by atoms with van der Waals surface area (Å²) < 4.78 is 14.6. The third-order valence-electron chi connectivity index (χ3n) is 29.6. The van der Waals surface area contributed by atoms with Gasteiger partial charge < -0.3 is 27.4 Å². The zero-order chi connectivity index (χ0) is 93.3. The average Bonchev–Trinajstić information content (AvgIpc) is 1.54. The molecule has 6 aromatic heterocycles. The van der Waals surface area contributed by atoms with Gasteiger partial charge in [0.15, 0.2) is 0 Å². The number of hydrogen-bond donors (Lipinski definition) is 0. The highest BCUT2D eigenvalue weighted by molar-refractivity contribution is 6.23. The van der Waals surface area contributed by atoms with Crippen molar-refractivity contribution >= 4 is 131 Å². The summed E-state index contributed by atoms with van der Waals surface area (Å²) in [7, 11) is 0. The van der Waals surface area contributed by atoms with Crippen molar-refractivity contribution in [1.29, 1.82) is 0 Å². The van der Waals surface area contributed by atoms with Crippen LogP contribution in [0.5, 0.6) is 0 Å². The molecule has 0 aliphatic heterocycles. The van der Waals surface area contributed by atoms with E-state index in [2.05, 4.69) is 563 Å². The minimum Gasteiger partial charge on any atom is -0.309 e. The summed E-state index contributed by atoms with van der Waals surface area (Å²) in [6.07, 6.45) is 0. The molecule has 22 aromatic carbocycles. The fourth-order valence-corrected chi connectivity index (χ4v) is 22.9. The lowest BCUT2D eigenvalue weighted by Crippen LogP contribution is -2.15. The van der Waals surface area contributed by atoms with E-state index in [1.165, 1.54) is 237 Å². The van der Waals surface area contributed by atoms with Gasteiger partial charge in [-0.25, -0.2) is 0 Å². The van der Waals surface area contributed by atoms with Crippen LogP contribution in [0, 0.1) is 0 Å². The molecule has 0 fully saturated rings. The lowest BCUT2D eigenvalue weighted by Gasteiger charge is -2.22. The lowest BCUT2D eigenvalue weighted by atomic mass is 9.82. The van der Waals surface area contributed by atoms with E-state index >= 15 is 0 Å². The molecule has 0 bridgehead atoms. The Hall–Kier alpha value is -18.4. The summed E-state index contributed by atoms with van der Waals surface area (Å²) in [5, 5.41) is 15.1. The molecule has 1 aliphatic carbocycles. The van der Waals surface area contributed by atoms with Gasteiger partial charge >= 0.3 is 0 Å². The Morgan fingerprint density at radius 1 is 0.128 bits per heavy atom. The standard InChI is InChI=1S/C51H36N2.2C42H28N2/c1-51(2)45-17-9-6-14-39(45)40-29-28-38(30-46(40)51)53-48-19-11-8-16-42(48)44-31-49-43(32-50(44)53)41-15-7-10-18-47(41)52(49)37-26-24-36(25-27-37)35-22-20-34(21-23-35)33-12-4-3-5-13-33;1-3-13-29(14-4-1)30-23-25-31(26-24-30)33-17-7-10-20-38(33)44-40-22-12-9-19-35(40)37-27-41-36(28-42(37)44)34-18-8-11-21-39(34)43(41)32-15-5-2-6-16-32;1-3-12-29(13-4-1)31-22-24-33(25-23-31)43-39-20-9-7-18-35(39)37-28-42-38(27-41(37)43)36-19-8-10-21-40(36)44(42)34-17-11-16-32(26-34)30-14-5-2-6-15-30/h3-32H,1-2H3;2*1-28H. The molecule has 0 unspecified atom stereocenters. The van der Waals surface area contributed by atoms with Crippen LogP contribution in [-0.4, -0.2) is 27.4 Å². The van der Waals surface area contributed by atoms with E-state index in [-0.39, 0.29) is 5.41 Å². The molecular formula is C135H92N6. The maximum atomic E-state index is 2.48. The van der Waals surface area contributed by atoms with Crippen LogP contribution in [-0.2, 0) is 5.41 Å². The number of para-hydroxylation sites is 8. The van der Waals surface area contributed by atoms with Gasteiger partial charge in [0.05, 0.1) is 71.9 Å². The lowest BCUT2D eigenvalue weighted by molar-refractivity contribution is 0.660. The fraction of sp³-hybridized carbons (Fsp3) is 0.0222. The summed E-state index contributed by atoms with van der Waals surface area (Å²) in [5.74, 6) is 0. The maximum Gasteiger partial charge on any atom is 0.0549 e. The second-order valence-electron chi connectivity index (χ2n) is 37.8.